The fourth-order valence-electron chi connectivity index (χ4n) is 3.89. The van der Waals surface area contributed by atoms with Crippen molar-refractivity contribution in [1.29, 1.82) is 0 Å². The summed E-state index contributed by atoms with van der Waals surface area (Å²) in [7, 11) is 0. The standard InChI is InChI=1S/C26H21ClN2O/c27-22-12-4-2-9-20(22)18-26-28-23-13-5-6-14-24(23)29(26)16-17-30-25-15-7-10-19-8-1-3-11-21(19)25/h1-15H,16-18H2. The van der Waals surface area contributed by atoms with Gasteiger partial charge in [0.05, 0.1) is 17.6 Å². The SMILES string of the molecule is Clc1ccccc1Cc1nc2ccccc2n1CCOc1cccc2ccccc12. The van der Waals surface area contributed by atoms with Crippen molar-refractivity contribution in [2.45, 2.75) is 13.0 Å². The van der Waals surface area contributed by atoms with Gasteiger partial charge in [-0.1, -0.05) is 78.3 Å². The molecule has 0 atom stereocenters. The van der Waals surface area contributed by atoms with Crippen molar-refractivity contribution in [2.24, 2.45) is 0 Å². The lowest BCUT2D eigenvalue weighted by Crippen LogP contribution is -2.12. The third-order valence-corrected chi connectivity index (χ3v) is 5.73. The van der Waals surface area contributed by atoms with Crippen molar-refractivity contribution in [1.82, 2.24) is 9.55 Å². The molecule has 0 aliphatic heterocycles. The maximum absolute atomic E-state index is 6.40. The van der Waals surface area contributed by atoms with E-state index < -0.39 is 0 Å². The van der Waals surface area contributed by atoms with Crippen LogP contribution in [0.4, 0.5) is 0 Å². The van der Waals surface area contributed by atoms with Gasteiger partial charge in [-0.05, 0) is 35.2 Å². The predicted octanol–water partition coefficient (Wildman–Crippen LogP) is 6.51. The van der Waals surface area contributed by atoms with E-state index in [1.165, 1.54) is 5.39 Å². The first-order valence-corrected chi connectivity index (χ1v) is 10.5. The lowest BCUT2D eigenvalue weighted by atomic mass is 10.1. The molecule has 0 saturated carbocycles. The highest BCUT2D eigenvalue weighted by Gasteiger charge is 2.13. The lowest BCUT2D eigenvalue weighted by molar-refractivity contribution is 0.302. The molecule has 0 aliphatic carbocycles. The molecule has 0 fully saturated rings. The predicted molar refractivity (Wildman–Crippen MR) is 123 cm³/mol. The number of benzene rings is 4. The van der Waals surface area contributed by atoms with Crippen LogP contribution in [-0.2, 0) is 13.0 Å². The van der Waals surface area contributed by atoms with Crippen LogP contribution in [0.2, 0.25) is 5.02 Å². The van der Waals surface area contributed by atoms with E-state index in [2.05, 4.69) is 34.9 Å². The summed E-state index contributed by atoms with van der Waals surface area (Å²) >= 11 is 6.40. The van der Waals surface area contributed by atoms with Crippen molar-refractivity contribution in [3.8, 4) is 5.75 Å². The normalized spacial score (nSPS) is 11.2. The lowest BCUT2D eigenvalue weighted by Gasteiger charge is -2.13. The van der Waals surface area contributed by atoms with E-state index in [-0.39, 0.29) is 0 Å². The zero-order valence-corrected chi connectivity index (χ0v) is 17.2. The molecule has 1 heterocycles. The number of rotatable bonds is 6. The Balaban J connectivity index is 1.42. The van der Waals surface area contributed by atoms with Gasteiger partial charge in [-0.25, -0.2) is 4.98 Å². The average Bonchev–Trinajstić information content (AvgIpc) is 3.13. The average molecular weight is 413 g/mol. The molecule has 0 unspecified atom stereocenters. The first kappa shape index (κ1) is 18.7. The minimum Gasteiger partial charge on any atom is -0.491 e. The highest BCUT2D eigenvalue weighted by Crippen LogP contribution is 2.26. The van der Waals surface area contributed by atoms with Crippen LogP contribution in [0.3, 0.4) is 0 Å². The van der Waals surface area contributed by atoms with Gasteiger partial charge in [0.1, 0.15) is 18.2 Å². The molecular weight excluding hydrogens is 392 g/mol. The summed E-state index contributed by atoms with van der Waals surface area (Å²) in [5.74, 6) is 1.90. The smallest absolute Gasteiger partial charge is 0.127 e. The second kappa shape index (κ2) is 8.21. The third-order valence-electron chi connectivity index (χ3n) is 5.36. The zero-order chi connectivity index (χ0) is 20.3. The van der Waals surface area contributed by atoms with E-state index >= 15 is 0 Å². The molecule has 148 valence electrons. The van der Waals surface area contributed by atoms with Gasteiger partial charge in [0, 0.05) is 16.8 Å². The highest BCUT2D eigenvalue weighted by molar-refractivity contribution is 6.31. The molecule has 0 aliphatic rings. The maximum Gasteiger partial charge on any atom is 0.127 e. The molecular formula is C26H21ClN2O. The molecule has 3 nitrogen and oxygen atoms in total. The van der Waals surface area contributed by atoms with E-state index in [0.717, 1.165) is 38.6 Å². The van der Waals surface area contributed by atoms with Gasteiger partial charge in [-0.2, -0.15) is 0 Å². The summed E-state index contributed by atoms with van der Waals surface area (Å²) in [6, 6.07) is 30.6. The van der Waals surface area contributed by atoms with Crippen LogP contribution < -0.4 is 4.74 Å². The number of nitrogens with zero attached hydrogens (tertiary/aromatic N) is 2. The Bertz CT molecular complexity index is 1320. The second-order valence-corrected chi connectivity index (χ2v) is 7.67. The fraction of sp³-hybridized carbons (Fsp3) is 0.115. The first-order valence-electron chi connectivity index (χ1n) is 10.1. The van der Waals surface area contributed by atoms with Crippen molar-refractivity contribution >= 4 is 33.4 Å². The van der Waals surface area contributed by atoms with Gasteiger partial charge in [-0.3, -0.25) is 0 Å². The summed E-state index contributed by atoms with van der Waals surface area (Å²) in [5.41, 5.74) is 3.18. The van der Waals surface area contributed by atoms with E-state index in [0.29, 0.717) is 19.6 Å². The Morgan fingerprint density at radius 2 is 1.57 bits per heavy atom. The monoisotopic (exact) mass is 412 g/mol. The summed E-state index contributed by atoms with van der Waals surface area (Å²) in [6.45, 7) is 1.27. The zero-order valence-electron chi connectivity index (χ0n) is 16.5. The van der Waals surface area contributed by atoms with Gasteiger partial charge in [0.2, 0.25) is 0 Å². The van der Waals surface area contributed by atoms with E-state index in [1.807, 2.05) is 60.7 Å². The van der Waals surface area contributed by atoms with Crippen LogP contribution in [0.1, 0.15) is 11.4 Å². The maximum atomic E-state index is 6.40. The van der Waals surface area contributed by atoms with Crippen molar-refractivity contribution in [3.63, 3.8) is 0 Å². The molecule has 1 aromatic heterocycles. The van der Waals surface area contributed by atoms with Crippen LogP contribution >= 0.6 is 11.6 Å². The fourth-order valence-corrected chi connectivity index (χ4v) is 4.09. The molecule has 0 N–H and O–H groups in total. The van der Waals surface area contributed by atoms with E-state index in [1.54, 1.807) is 0 Å². The molecule has 0 radical (unpaired) electrons. The molecule has 4 heteroatoms. The number of hydrogen-bond donors (Lipinski definition) is 0. The van der Waals surface area contributed by atoms with Crippen molar-refractivity contribution < 1.29 is 4.74 Å². The van der Waals surface area contributed by atoms with Crippen LogP contribution in [0.25, 0.3) is 21.8 Å². The summed E-state index contributed by atoms with van der Waals surface area (Å²) in [6.07, 6.45) is 0.683. The molecule has 4 aromatic carbocycles. The van der Waals surface area contributed by atoms with Gasteiger partial charge in [-0.15, -0.1) is 0 Å². The topological polar surface area (TPSA) is 27.1 Å². The number of fused-ring (bicyclic) bond motifs is 2. The molecule has 0 amide bonds. The highest BCUT2D eigenvalue weighted by atomic mass is 35.5. The largest absolute Gasteiger partial charge is 0.491 e. The number of imidazole rings is 1. The Hall–Kier alpha value is -3.30. The van der Waals surface area contributed by atoms with Crippen LogP contribution in [0.15, 0.2) is 91.0 Å². The van der Waals surface area contributed by atoms with Crippen LogP contribution in [-0.4, -0.2) is 16.2 Å². The quantitative estimate of drug-likeness (QED) is 0.317. The van der Waals surface area contributed by atoms with Crippen LogP contribution in [0, 0.1) is 0 Å². The second-order valence-electron chi connectivity index (χ2n) is 7.26. The number of para-hydroxylation sites is 2. The number of aromatic nitrogens is 2. The summed E-state index contributed by atoms with van der Waals surface area (Å²) in [4.78, 5) is 4.87. The number of halogens is 1. The third kappa shape index (κ3) is 3.64. The molecule has 5 aromatic rings. The van der Waals surface area contributed by atoms with Crippen molar-refractivity contribution in [3.05, 3.63) is 107 Å². The number of hydrogen-bond acceptors (Lipinski definition) is 2. The van der Waals surface area contributed by atoms with E-state index in [4.69, 9.17) is 21.3 Å². The Morgan fingerprint density at radius 1 is 0.800 bits per heavy atom. The number of ether oxygens (including phenoxy) is 1. The van der Waals surface area contributed by atoms with Crippen molar-refractivity contribution in [2.75, 3.05) is 6.61 Å². The Kier molecular flexibility index (Phi) is 5.12. The molecule has 0 spiro atoms. The van der Waals surface area contributed by atoms with E-state index in [9.17, 15) is 0 Å². The van der Waals surface area contributed by atoms with Gasteiger partial charge < -0.3 is 9.30 Å². The molecule has 5 rings (SSSR count). The first-order chi connectivity index (χ1) is 14.8. The molecule has 30 heavy (non-hydrogen) atoms. The minimum absolute atomic E-state index is 0.559. The summed E-state index contributed by atoms with van der Waals surface area (Å²) < 4.78 is 8.44. The summed E-state index contributed by atoms with van der Waals surface area (Å²) in [5, 5.41) is 3.08. The minimum atomic E-state index is 0.559. The molecule has 0 saturated heterocycles. The van der Waals surface area contributed by atoms with Gasteiger partial charge in [0.15, 0.2) is 0 Å². The van der Waals surface area contributed by atoms with Crippen LogP contribution in [0.5, 0.6) is 5.75 Å². The van der Waals surface area contributed by atoms with Gasteiger partial charge >= 0.3 is 0 Å². The van der Waals surface area contributed by atoms with Gasteiger partial charge in [0.25, 0.3) is 0 Å². The Labute approximate surface area is 180 Å². The molecule has 0 bridgehead atoms. The Morgan fingerprint density at radius 3 is 2.50 bits per heavy atom.